The molecule has 1 aromatic carbocycles. The monoisotopic (exact) mass is 620 g/mol. The number of aliphatic hydroxyl groups excluding tert-OH is 2. The second kappa shape index (κ2) is 17.9. The van der Waals surface area contributed by atoms with Gasteiger partial charge in [0.1, 0.15) is 24.7 Å². The summed E-state index contributed by atoms with van der Waals surface area (Å²) in [6, 6.07) is 4.06. The Morgan fingerprint density at radius 2 is 1.07 bits per heavy atom. The zero-order chi connectivity index (χ0) is 20.5. The summed E-state index contributed by atoms with van der Waals surface area (Å²) in [6.45, 7) is 5.37. The Bertz CT molecular complexity index is 475. The molecule has 0 aromatic heterocycles. The lowest BCUT2D eigenvalue weighted by atomic mass is 10.2. The molecule has 0 radical (unpaired) electrons. The Balaban J connectivity index is 2.20. The van der Waals surface area contributed by atoms with Crippen LogP contribution in [0.2, 0.25) is 0 Å². The number of halogens is 2. The number of ether oxygens (including phenoxy) is 2. The molecule has 6 nitrogen and oxygen atoms in total. The molecule has 1 rings (SSSR count). The molecule has 0 bridgehead atoms. The van der Waals surface area contributed by atoms with Crippen molar-refractivity contribution in [3.63, 3.8) is 0 Å². The largest absolute Gasteiger partial charge is 0.491 e. The van der Waals surface area contributed by atoms with E-state index in [1.165, 1.54) is 0 Å². The number of nitrogens with one attached hydrogen (secondary N) is 2. The van der Waals surface area contributed by atoms with Gasteiger partial charge in [0.25, 0.3) is 0 Å². The van der Waals surface area contributed by atoms with Gasteiger partial charge in [-0.25, -0.2) is 0 Å². The standard InChI is InChI=1S/C20H34I2N2O4/c21-17-16-20(28-14-10-24-8-4-2-6-12-26)18(22)15-19(17)27-13-9-23-7-3-1-5-11-25/h15-16,23-26H,1-14H2. The Morgan fingerprint density at radius 3 is 1.46 bits per heavy atom. The van der Waals surface area contributed by atoms with Crippen LogP contribution in [-0.4, -0.2) is 62.8 Å². The molecular weight excluding hydrogens is 586 g/mol. The Hall–Kier alpha value is 0.120. The van der Waals surface area contributed by atoms with Crippen LogP contribution in [0.3, 0.4) is 0 Å². The van der Waals surface area contributed by atoms with E-state index in [4.69, 9.17) is 19.7 Å². The summed E-state index contributed by atoms with van der Waals surface area (Å²) in [5, 5.41) is 24.2. The van der Waals surface area contributed by atoms with Crippen molar-refractivity contribution in [2.75, 3.05) is 52.6 Å². The summed E-state index contributed by atoms with van der Waals surface area (Å²) >= 11 is 4.57. The van der Waals surface area contributed by atoms with Gasteiger partial charge in [0.15, 0.2) is 0 Å². The van der Waals surface area contributed by atoms with Crippen molar-refractivity contribution in [1.82, 2.24) is 10.6 Å². The van der Waals surface area contributed by atoms with E-state index >= 15 is 0 Å². The van der Waals surface area contributed by atoms with Crippen LogP contribution in [0.5, 0.6) is 11.5 Å². The van der Waals surface area contributed by atoms with Gasteiger partial charge in [-0.1, -0.05) is 0 Å². The van der Waals surface area contributed by atoms with E-state index in [0.717, 1.165) is 83.3 Å². The third-order valence-electron chi connectivity index (χ3n) is 4.08. The Labute approximate surface area is 196 Å². The van der Waals surface area contributed by atoms with Gasteiger partial charge in [-0.2, -0.15) is 0 Å². The van der Waals surface area contributed by atoms with Gasteiger partial charge >= 0.3 is 0 Å². The Morgan fingerprint density at radius 1 is 0.643 bits per heavy atom. The first-order valence-electron chi connectivity index (χ1n) is 10.1. The van der Waals surface area contributed by atoms with E-state index in [2.05, 4.69) is 55.8 Å². The smallest absolute Gasteiger partial charge is 0.134 e. The SMILES string of the molecule is OCCCCCNCCOc1cc(I)c(OCCNCCCCCO)cc1I. The molecule has 1 aromatic rings. The maximum Gasteiger partial charge on any atom is 0.134 e. The van der Waals surface area contributed by atoms with Crippen molar-refractivity contribution in [3.8, 4) is 11.5 Å². The molecule has 8 heteroatoms. The van der Waals surface area contributed by atoms with Gasteiger partial charge in [-0.05, 0) is 109 Å². The topological polar surface area (TPSA) is 83.0 Å². The van der Waals surface area contributed by atoms with Crippen LogP contribution in [0.25, 0.3) is 0 Å². The van der Waals surface area contributed by atoms with E-state index in [1.807, 2.05) is 12.1 Å². The highest BCUT2D eigenvalue weighted by Gasteiger charge is 2.09. The average molecular weight is 620 g/mol. The lowest BCUT2D eigenvalue weighted by Gasteiger charge is -2.13. The first-order chi connectivity index (χ1) is 13.7. The van der Waals surface area contributed by atoms with Gasteiger partial charge < -0.3 is 30.3 Å². The van der Waals surface area contributed by atoms with Crippen LogP contribution >= 0.6 is 45.2 Å². The van der Waals surface area contributed by atoms with Crippen molar-refractivity contribution in [3.05, 3.63) is 19.3 Å². The zero-order valence-electron chi connectivity index (χ0n) is 16.5. The summed E-state index contributed by atoms with van der Waals surface area (Å²) in [5.41, 5.74) is 0. The minimum absolute atomic E-state index is 0.280. The fraction of sp³-hybridized carbons (Fsp3) is 0.700. The molecule has 28 heavy (non-hydrogen) atoms. The molecule has 0 fully saturated rings. The van der Waals surface area contributed by atoms with Gasteiger partial charge in [-0.15, -0.1) is 0 Å². The Kier molecular flexibility index (Phi) is 16.8. The number of hydrogen-bond acceptors (Lipinski definition) is 6. The van der Waals surface area contributed by atoms with Crippen molar-refractivity contribution in [2.24, 2.45) is 0 Å². The zero-order valence-corrected chi connectivity index (χ0v) is 20.8. The molecule has 4 N–H and O–H groups in total. The van der Waals surface area contributed by atoms with E-state index in [1.54, 1.807) is 0 Å². The number of hydrogen-bond donors (Lipinski definition) is 4. The summed E-state index contributed by atoms with van der Waals surface area (Å²) in [7, 11) is 0. The molecule has 0 unspecified atom stereocenters. The molecule has 0 heterocycles. The highest BCUT2D eigenvalue weighted by Crippen LogP contribution is 2.31. The molecule has 0 amide bonds. The fourth-order valence-electron chi connectivity index (χ4n) is 2.53. The second-order valence-electron chi connectivity index (χ2n) is 6.48. The fourth-order valence-corrected chi connectivity index (χ4v) is 3.71. The van der Waals surface area contributed by atoms with E-state index in [9.17, 15) is 0 Å². The highest BCUT2D eigenvalue weighted by molar-refractivity contribution is 14.1. The van der Waals surface area contributed by atoms with Gasteiger partial charge in [0.2, 0.25) is 0 Å². The van der Waals surface area contributed by atoms with Crippen molar-refractivity contribution in [1.29, 1.82) is 0 Å². The van der Waals surface area contributed by atoms with Gasteiger partial charge in [-0.3, -0.25) is 0 Å². The van der Waals surface area contributed by atoms with Crippen molar-refractivity contribution >= 4 is 45.2 Å². The number of unbranched alkanes of at least 4 members (excludes halogenated alkanes) is 4. The molecule has 0 aliphatic rings. The minimum Gasteiger partial charge on any atom is -0.491 e. The third-order valence-corrected chi connectivity index (χ3v) is 5.77. The maximum absolute atomic E-state index is 8.75. The molecule has 0 spiro atoms. The van der Waals surface area contributed by atoms with Crippen LogP contribution in [0.1, 0.15) is 38.5 Å². The quantitative estimate of drug-likeness (QED) is 0.149. The van der Waals surface area contributed by atoms with Crippen LogP contribution in [0.4, 0.5) is 0 Å². The number of aliphatic hydroxyl groups is 2. The van der Waals surface area contributed by atoms with E-state index < -0.39 is 0 Å². The summed E-state index contributed by atoms with van der Waals surface area (Å²) in [6.07, 6.45) is 6.04. The van der Waals surface area contributed by atoms with Gasteiger partial charge in [0.05, 0.1) is 7.14 Å². The summed E-state index contributed by atoms with van der Waals surface area (Å²) in [5.74, 6) is 1.78. The average Bonchev–Trinajstić information content (AvgIpc) is 2.69. The first-order valence-corrected chi connectivity index (χ1v) is 12.2. The molecular formula is C20H34I2N2O4. The van der Waals surface area contributed by atoms with E-state index in [-0.39, 0.29) is 13.2 Å². The predicted molar refractivity (Wildman–Crippen MR) is 130 cm³/mol. The molecule has 162 valence electrons. The van der Waals surface area contributed by atoms with Crippen LogP contribution in [0.15, 0.2) is 12.1 Å². The number of rotatable bonds is 18. The van der Waals surface area contributed by atoms with Crippen molar-refractivity contribution in [2.45, 2.75) is 38.5 Å². The summed E-state index contributed by atoms with van der Waals surface area (Å²) in [4.78, 5) is 0. The molecule has 0 saturated carbocycles. The van der Waals surface area contributed by atoms with Crippen LogP contribution in [-0.2, 0) is 0 Å². The van der Waals surface area contributed by atoms with Crippen LogP contribution in [0, 0.1) is 7.14 Å². The molecule has 0 saturated heterocycles. The second-order valence-corrected chi connectivity index (χ2v) is 8.80. The lowest BCUT2D eigenvalue weighted by Crippen LogP contribution is -2.22. The minimum atomic E-state index is 0.280. The maximum atomic E-state index is 8.75. The van der Waals surface area contributed by atoms with Crippen molar-refractivity contribution < 1.29 is 19.7 Å². The lowest BCUT2D eigenvalue weighted by molar-refractivity contribution is 0.280. The first kappa shape index (κ1) is 26.2. The normalized spacial score (nSPS) is 11.0. The predicted octanol–water partition coefficient (Wildman–Crippen LogP) is 3.16. The highest BCUT2D eigenvalue weighted by atomic mass is 127. The number of benzene rings is 1. The summed E-state index contributed by atoms with van der Waals surface area (Å²) < 4.78 is 13.9. The van der Waals surface area contributed by atoms with E-state index in [0.29, 0.717) is 13.2 Å². The molecule has 0 atom stereocenters. The third kappa shape index (κ3) is 12.6. The van der Waals surface area contributed by atoms with Gasteiger partial charge in [0, 0.05) is 26.3 Å². The molecule has 0 aliphatic carbocycles. The van der Waals surface area contributed by atoms with Crippen LogP contribution < -0.4 is 20.1 Å². The molecule has 0 aliphatic heterocycles.